The topological polar surface area (TPSA) is 289 Å². The highest BCUT2D eigenvalue weighted by atomic mass is 19.2. The number of halogens is 8. The zero-order valence-electron chi connectivity index (χ0n) is 70.6. The molecule has 0 aliphatic carbocycles. The summed E-state index contributed by atoms with van der Waals surface area (Å²) < 4.78 is 223. The molecule has 560 valence electrons. The normalized spacial score (nSPS) is 25.1. The largest absolute Gasteiger partial charge is 0.376 e. The molecule has 112 heavy (non-hydrogen) atoms. The van der Waals surface area contributed by atoms with Crippen molar-refractivity contribution in [3.8, 4) is 0 Å². The summed E-state index contributed by atoms with van der Waals surface area (Å²) in [4.78, 5) is 83.9. The van der Waals surface area contributed by atoms with Crippen LogP contribution < -0.4 is 21.3 Å². The number of carbonyl (C=O) groups is 4. The molecule has 0 fully saturated rings. The first-order valence-electron chi connectivity index (χ1n) is 40.5. The fourth-order valence-electron chi connectivity index (χ4n) is 14.8. The van der Waals surface area contributed by atoms with E-state index in [9.17, 15) is 59.8 Å². The smallest absolute Gasteiger partial charge is 0.185 e. The Morgan fingerprint density at radius 1 is 0.339 bits per heavy atom. The molecule has 12 aromatic rings. The van der Waals surface area contributed by atoms with Crippen molar-refractivity contribution in [3.63, 3.8) is 0 Å². The lowest BCUT2D eigenvalue weighted by Gasteiger charge is -2.37. The zero-order valence-corrected chi connectivity index (χ0v) is 57.6. The minimum Gasteiger partial charge on any atom is -0.376 e. The molecule has 8 aliphatic rings. The summed E-state index contributed by atoms with van der Waals surface area (Å²) >= 11 is 0. The van der Waals surface area contributed by atoms with Crippen LogP contribution in [0.3, 0.4) is 0 Å². The number of nitrogens with one attached hydrogen (secondary N) is 4. The number of Topliss-reactive ketones (excluding diaryl/α,β-unsaturated/α-hetero) is 4. The van der Waals surface area contributed by atoms with Crippen molar-refractivity contribution in [2.75, 3.05) is 47.4 Å². The number of hydrogen-bond acceptors (Lipinski definition) is 20. The summed E-state index contributed by atoms with van der Waals surface area (Å²) in [6.45, 7) is -9.20. The molecule has 0 bridgehead atoms. The van der Waals surface area contributed by atoms with Crippen LogP contribution >= 0.6 is 0 Å². The average molecular weight is 1530 g/mol. The Labute approximate surface area is 648 Å². The molecule has 0 saturated carbocycles. The number of anilines is 4. The standard InChI is InChI=1S/4C20H15F2N5O/c4*1-27-20(24-9-25-27)17-18(10-2-4-11(21)5-3-10)26-14-7-12(22)6-13-15(28)8-23-19(17)16(13)14/h4*2-7,9,17-18,26H,8H2,1H3/t4*17-,18-/m0000/s1/i1D3,17D,18D;1D3,18D;18D;1D3. The fourth-order valence-corrected chi connectivity index (χ4v) is 14.8. The molecule has 4 N–H and O–H groups in total. The number of hydrogen-bond donors (Lipinski definition) is 4. The molecule has 8 aliphatic heterocycles. The maximum atomic E-state index is 14.4. The van der Waals surface area contributed by atoms with Gasteiger partial charge in [0.1, 0.15) is 121 Å². The molecule has 0 saturated heterocycles. The minimum atomic E-state index is -2.85. The molecule has 0 radical (unpaired) electrons. The van der Waals surface area contributed by atoms with Gasteiger partial charge >= 0.3 is 0 Å². The van der Waals surface area contributed by atoms with Crippen LogP contribution in [-0.2, 0) is 28.0 Å². The molecule has 24 nitrogen and oxygen atoms in total. The molecular weight excluding hydrogens is 1460 g/mol. The van der Waals surface area contributed by atoms with Gasteiger partial charge in [0.25, 0.3) is 0 Å². The van der Waals surface area contributed by atoms with Gasteiger partial charge in [0, 0.05) is 109 Å². The lowest BCUT2D eigenvalue weighted by Crippen LogP contribution is -2.37. The Morgan fingerprint density at radius 2 is 0.625 bits per heavy atom. The van der Waals surface area contributed by atoms with Crippen LogP contribution in [-0.4, -0.2) is 131 Å². The number of benzene rings is 8. The van der Waals surface area contributed by atoms with Gasteiger partial charge in [-0.25, -0.2) is 55.1 Å². The lowest BCUT2D eigenvalue weighted by atomic mass is 9.78. The molecule has 20 rings (SSSR count). The molecular formula is C80H60F8N20O4. The van der Waals surface area contributed by atoms with Gasteiger partial charge in [-0.15, -0.1) is 0 Å². The van der Waals surface area contributed by atoms with E-state index < -0.39 is 139 Å². The molecule has 0 amide bonds. The Balaban J connectivity index is 0.000000118. The van der Waals surface area contributed by atoms with E-state index in [1.54, 1.807) is 19.2 Å². The van der Waals surface area contributed by atoms with Gasteiger partial charge in [-0.1, -0.05) is 48.5 Å². The fraction of sp³-hybridized carbons (Fsp3) is 0.200. The SMILES string of the molecule is [2H]C([2H])([2H])n1ncnc1[C@@H]1C2=NCC(=O)c3cc(F)cc(c32)N[C@@]1([2H])c1ccc(F)cc1.[2H]C([2H])([2H])n1ncnc1[C@@H]1C2=NCC(=O)c3cc(F)cc(c32)N[C@H]1c1ccc(F)cc1.[2H]C([2H])([2H])n1ncnc1[C@]1([2H])C2=NCC(=O)c3cc(F)cc(c32)N[C@@]1([2H])c1ccc(F)cc1.[2H][C@@]1(c2ccc(F)cc2)Nc2cc(F)cc3c2C(=NCC3=O)[C@H]1c1ncnn1C. The molecule has 8 aromatic carbocycles. The van der Waals surface area contributed by atoms with Crippen LogP contribution in [0.5, 0.6) is 0 Å². The van der Waals surface area contributed by atoms with Crippen molar-refractivity contribution in [1.29, 1.82) is 0 Å². The average Bonchev–Trinajstić information content (AvgIpc) is 1.67. The molecule has 0 spiro atoms. The van der Waals surface area contributed by atoms with Gasteiger partial charge in [-0.2, -0.15) is 20.4 Å². The molecule has 4 aromatic heterocycles. The maximum Gasteiger partial charge on any atom is 0.185 e. The highest BCUT2D eigenvalue weighted by molar-refractivity contribution is 6.24. The number of aromatic nitrogens is 12. The minimum absolute atomic E-state index is 0.0268. The summed E-state index contributed by atoms with van der Waals surface area (Å²) in [6, 6.07) is 23.8. The highest BCUT2D eigenvalue weighted by Gasteiger charge is 2.47. The number of carbonyl (C=O) groups excluding carboxylic acids is 4. The van der Waals surface area contributed by atoms with Crippen LogP contribution in [0.1, 0.15) is 175 Å². The molecule has 12 heterocycles. The van der Waals surface area contributed by atoms with Gasteiger partial charge < -0.3 is 21.3 Å². The van der Waals surface area contributed by atoms with Gasteiger partial charge in [0.15, 0.2) is 23.1 Å². The summed E-state index contributed by atoms with van der Waals surface area (Å²) in [7, 11) is 1.70. The van der Waals surface area contributed by atoms with Gasteiger partial charge in [-0.05, 0) is 119 Å². The second-order valence-electron chi connectivity index (χ2n) is 26.3. The monoisotopic (exact) mass is 1530 g/mol. The van der Waals surface area contributed by atoms with Gasteiger partial charge in [0.05, 0.1) is 74.7 Å². The van der Waals surface area contributed by atoms with Crippen molar-refractivity contribution in [1.82, 2.24) is 59.1 Å². The quantitative estimate of drug-likeness (QED) is 0.103. The van der Waals surface area contributed by atoms with Crippen LogP contribution in [0.2, 0.25) is 0 Å². The summed E-state index contributed by atoms with van der Waals surface area (Å²) in [5.41, 5.74) is 4.89. The Kier molecular flexibility index (Phi) is 14.6. The number of aryl methyl sites for hydroxylation is 4. The maximum absolute atomic E-state index is 14.4. The third-order valence-electron chi connectivity index (χ3n) is 19.7. The molecule has 0 unspecified atom stereocenters. The van der Waals surface area contributed by atoms with E-state index >= 15 is 0 Å². The molecule has 32 heteroatoms. The summed E-state index contributed by atoms with van der Waals surface area (Å²) in [6.07, 6.45) is 4.51. The number of aliphatic imine (C=N–C) groups is 4. The molecule has 8 atom stereocenters. The Morgan fingerprint density at radius 3 is 1.00 bits per heavy atom. The highest BCUT2D eigenvalue weighted by Crippen LogP contribution is 2.50. The number of rotatable bonds is 8. The van der Waals surface area contributed by atoms with E-state index in [1.165, 1.54) is 89.9 Å². The van der Waals surface area contributed by atoms with Gasteiger partial charge in [-0.3, -0.25) is 57.9 Å². The van der Waals surface area contributed by atoms with Crippen LogP contribution in [0.4, 0.5) is 57.9 Å². The van der Waals surface area contributed by atoms with E-state index in [0.717, 1.165) is 82.9 Å². The van der Waals surface area contributed by atoms with Crippen LogP contribution in [0, 0.1) is 46.5 Å². The third-order valence-corrected chi connectivity index (χ3v) is 19.7. The third kappa shape index (κ3) is 12.7. The van der Waals surface area contributed by atoms with Crippen molar-refractivity contribution in [3.05, 3.63) is 307 Å². The number of nitrogens with zero attached hydrogens (tertiary/aromatic N) is 16. The lowest BCUT2D eigenvalue weighted by molar-refractivity contribution is 0.0991. The Bertz CT molecular complexity index is 6630. The zero-order chi connectivity index (χ0) is 88.8. The second kappa shape index (κ2) is 28.4. The summed E-state index contributed by atoms with van der Waals surface area (Å²) in [5.74, 6) is -11.1. The van der Waals surface area contributed by atoms with Crippen molar-refractivity contribution in [2.45, 2.75) is 47.7 Å². The van der Waals surface area contributed by atoms with E-state index in [4.69, 9.17) is 12.3 Å². The first-order valence-corrected chi connectivity index (χ1v) is 34.0. The number of ketones is 4. The van der Waals surface area contributed by atoms with Crippen LogP contribution in [0.15, 0.2) is 191 Å². The first kappa shape index (κ1) is 57.4. The van der Waals surface area contributed by atoms with Crippen molar-refractivity contribution >= 4 is 68.7 Å². The van der Waals surface area contributed by atoms with E-state index in [0.29, 0.717) is 55.6 Å². The van der Waals surface area contributed by atoms with Crippen molar-refractivity contribution < 1.29 is 72.1 Å². The Hall–Kier alpha value is -13.7. The summed E-state index contributed by atoms with van der Waals surface area (Å²) in [5, 5.41) is 27.5. The second-order valence-corrected chi connectivity index (χ2v) is 26.3. The van der Waals surface area contributed by atoms with Crippen LogP contribution in [0.25, 0.3) is 0 Å². The first-order chi connectivity index (χ1) is 59.2. The van der Waals surface area contributed by atoms with E-state index in [-0.39, 0.29) is 110 Å². The predicted molar refractivity (Wildman–Crippen MR) is 395 cm³/mol. The predicted octanol–water partition coefficient (Wildman–Crippen LogP) is 12.1. The van der Waals surface area contributed by atoms with E-state index in [2.05, 4.69) is 81.6 Å². The van der Waals surface area contributed by atoms with E-state index in [1.807, 2.05) is 0 Å². The van der Waals surface area contributed by atoms with Gasteiger partial charge in [0.2, 0.25) is 0 Å². The van der Waals surface area contributed by atoms with Crippen molar-refractivity contribution in [2.24, 2.45) is 47.9 Å².